The number of benzene rings is 1. The van der Waals surface area contributed by atoms with E-state index in [4.69, 9.17) is 5.11 Å². The maximum absolute atomic E-state index is 11.6. The molecule has 4 nitrogen and oxygen atoms in total. The summed E-state index contributed by atoms with van der Waals surface area (Å²) in [4.78, 5) is 21.9. The van der Waals surface area contributed by atoms with Gasteiger partial charge in [0.1, 0.15) is 6.54 Å². The number of thiol groups is 1. The SMILES string of the molecule is CC(c1ccccc1)C(S)C(=O)NCC(=O)O. The van der Waals surface area contributed by atoms with Gasteiger partial charge in [-0.3, -0.25) is 9.59 Å². The molecule has 17 heavy (non-hydrogen) atoms. The van der Waals surface area contributed by atoms with Crippen molar-refractivity contribution in [1.29, 1.82) is 0 Å². The molecule has 0 aliphatic carbocycles. The molecule has 0 radical (unpaired) electrons. The zero-order chi connectivity index (χ0) is 12.8. The highest BCUT2D eigenvalue weighted by Gasteiger charge is 2.22. The van der Waals surface area contributed by atoms with Crippen LogP contribution in [-0.4, -0.2) is 28.8 Å². The molecule has 0 aromatic heterocycles. The maximum atomic E-state index is 11.6. The molecule has 1 amide bonds. The molecular weight excluding hydrogens is 238 g/mol. The van der Waals surface area contributed by atoms with Gasteiger partial charge in [-0.05, 0) is 5.56 Å². The van der Waals surface area contributed by atoms with Gasteiger partial charge in [0.15, 0.2) is 0 Å². The first-order valence-electron chi connectivity index (χ1n) is 5.25. The summed E-state index contributed by atoms with van der Waals surface area (Å²) in [6.45, 7) is 1.50. The van der Waals surface area contributed by atoms with Crippen LogP contribution in [-0.2, 0) is 9.59 Å². The van der Waals surface area contributed by atoms with Gasteiger partial charge >= 0.3 is 5.97 Å². The second-order valence-corrected chi connectivity index (χ2v) is 4.31. The average Bonchev–Trinajstić information content (AvgIpc) is 2.35. The molecule has 0 aliphatic rings. The van der Waals surface area contributed by atoms with Crippen molar-refractivity contribution >= 4 is 24.5 Å². The average molecular weight is 253 g/mol. The predicted molar refractivity (Wildman–Crippen MR) is 68.3 cm³/mol. The fraction of sp³-hybridized carbons (Fsp3) is 0.333. The molecule has 5 heteroatoms. The summed E-state index contributed by atoms with van der Waals surface area (Å²) in [6, 6.07) is 9.51. The van der Waals surface area contributed by atoms with Crippen molar-refractivity contribution in [3.05, 3.63) is 35.9 Å². The topological polar surface area (TPSA) is 66.4 Å². The number of carboxylic acids is 1. The molecule has 0 heterocycles. The summed E-state index contributed by atoms with van der Waals surface area (Å²) in [5, 5.41) is 10.2. The quantitative estimate of drug-likeness (QED) is 0.693. The van der Waals surface area contributed by atoms with Gasteiger partial charge in [-0.25, -0.2) is 0 Å². The van der Waals surface area contributed by atoms with Crippen molar-refractivity contribution < 1.29 is 14.7 Å². The molecule has 92 valence electrons. The van der Waals surface area contributed by atoms with Crippen molar-refractivity contribution in [3.8, 4) is 0 Å². The van der Waals surface area contributed by atoms with E-state index in [0.29, 0.717) is 0 Å². The van der Waals surface area contributed by atoms with E-state index in [0.717, 1.165) is 5.56 Å². The highest BCUT2D eigenvalue weighted by Crippen LogP contribution is 2.22. The van der Waals surface area contributed by atoms with Gasteiger partial charge in [-0.1, -0.05) is 37.3 Å². The van der Waals surface area contributed by atoms with E-state index in [-0.39, 0.29) is 18.4 Å². The van der Waals surface area contributed by atoms with Crippen LogP contribution in [0.25, 0.3) is 0 Å². The molecule has 0 bridgehead atoms. The monoisotopic (exact) mass is 253 g/mol. The van der Waals surface area contributed by atoms with E-state index in [2.05, 4.69) is 17.9 Å². The Hall–Kier alpha value is -1.49. The van der Waals surface area contributed by atoms with Crippen LogP contribution in [0.3, 0.4) is 0 Å². The summed E-state index contributed by atoms with van der Waals surface area (Å²) < 4.78 is 0. The normalized spacial score (nSPS) is 13.8. The van der Waals surface area contributed by atoms with Crippen LogP contribution in [0.5, 0.6) is 0 Å². The number of hydrogen-bond donors (Lipinski definition) is 3. The second kappa shape index (κ2) is 6.30. The minimum atomic E-state index is -1.06. The highest BCUT2D eigenvalue weighted by molar-refractivity contribution is 7.81. The van der Waals surface area contributed by atoms with Crippen molar-refractivity contribution in [2.24, 2.45) is 0 Å². The van der Waals surface area contributed by atoms with Gasteiger partial charge < -0.3 is 10.4 Å². The third-order valence-corrected chi connectivity index (χ3v) is 3.16. The Morgan fingerprint density at radius 2 is 1.94 bits per heavy atom. The van der Waals surface area contributed by atoms with Crippen molar-refractivity contribution in [2.45, 2.75) is 18.1 Å². The smallest absolute Gasteiger partial charge is 0.322 e. The first-order chi connectivity index (χ1) is 8.02. The first kappa shape index (κ1) is 13.6. The molecule has 0 saturated heterocycles. The zero-order valence-electron chi connectivity index (χ0n) is 9.46. The lowest BCUT2D eigenvalue weighted by Gasteiger charge is -2.18. The van der Waals surface area contributed by atoms with Crippen LogP contribution in [0.4, 0.5) is 0 Å². The Bertz CT molecular complexity index is 394. The van der Waals surface area contributed by atoms with Crippen LogP contribution in [0, 0.1) is 0 Å². The molecule has 1 aromatic rings. The fourth-order valence-electron chi connectivity index (χ4n) is 1.43. The Balaban J connectivity index is 2.60. The second-order valence-electron chi connectivity index (χ2n) is 3.76. The summed E-state index contributed by atoms with van der Waals surface area (Å²) in [6.07, 6.45) is 0. The molecule has 1 rings (SSSR count). The summed E-state index contributed by atoms with van der Waals surface area (Å²) in [5.74, 6) is -1.51. The number of carboxylic acid groups (broad SMARTS) is 1. The van der Waals surface area contributed by atoms with Gasteiger partial charge in [0.05, 0.1) is 5.25 Å². The van der Waals surface area contributed by atoms with E-state index < -0.39 is 11.2 Å². The molecule has 2 N–H and O–H groups in total. The Labute approximate surface area is 105 Å². The lowest BCUT2D eigenvalue weighted by atomic mass is 9.97. The lowest BCUT2D eigenvalue weighted by Crippen LogP contribution is -2.37. The van der Waals surface area contributed by atoms with E-state index in [1.54, 1.807) is 0 Å². The number of rotatable bonds is 5. The maximum Gasteiger partial charge on any atom is 0.322 e. The molecule has 2 atom stereocenters. The standard InChI is InChI=1S/C12H15NO3S/c1-8(9-5-3-2-4-6-9)11(17)12(16)13-7-10(14)15/h2-6,8,11,17H,7H2,1H3,(H,13,16)(H,14,15). The molecule has 2 unspecified atom stereocenters. The van der Waals surface area contributed by atoms with Crippen LogP contribution >= 0.6 is 12.6 Å². The van der Waals surface area contributed by atoms with Crippen molar-refractivity contribution in [3.63, 3.8) is 0 Å². The predicted octanol–water partition coefficient (Wildman–Crippen LogP) is 1.29. The van der Waals surface area contributed by atoms with Gasteiger partial charge in [0, 0.05) is 5.92 Å². The van der Waals surface area contributed by atoms with E-state index in [1.165, 1.54) is 0 Å². The van der Waals surface area contributed by atoms with E-state index >= 15 is 0 Å². The summed E-state index contributed by atoms with van der Waals surface area (Å²) >= 11 is 4.23. The van der Waals surface area contributed by atoms with E-state index in [1.807, 2.05) is 37.3 Å². The van der Waals surface area contributed by atoms with Crippen molar-refractivity contribution in [1.82, 2.24) is 5.32 Å². The number of nitrogens with one attached hydrogen (secondary N) is 1. The third-order valence-electron chi connectivity index (χ3n) is 2.48. The number of amides is 1. The Morgan fingerprint density at radius 3 is 2.47 bits per heavy atom. The first-order valence-corrected chi connectivity index (χ1v) is 5.76. The molecule has 0 fully saturated rings. The summed E-state index contributed by atoms with van der Waals surface area (Å²) in [5.41, 5.74) is 0.998. The van der Waals surface area contributed by atoms with Crippen LogP contribution in [0.15, 0.2) is 30.3 Å². The largest absolute Gasteiger partial charge is 0.480 e. The minimum absolute atomic E-state index is 0.0756. The highest BCUT2D eigenvalue weighted by atomic mass is 32.1. The summed E-state index contributed by atoms with van der Waals surface area (Å²) in [7, 11) is 0. The Morgan fingerprint density at radius 1 is 1.35 bits per heavy atom. The van der Waals surface area contributed by atoms with Crippen LogP contribution in [0.1, 0.15) is 18.4 Å². The molecule has 1 aromatic carbocycles. The minimum Gasteiger partial charge on any atom is -0.480 e. The fourth-order valence-corrected chi connectivity index (χ4v) is 1.70. The molecule has 0 saturated carbocycles. The molecule has 0 aliphatic heterocycles. The lowest BCUT2D eigenvalue weighted by molar-refractivity contribution is -0.137. The number of carbonyl (C=O) groups is 2. The number of hydrogen-bond acceptors (Lipinski definition) is 3. The van der Waals surface area contributed by atoms with Gasteiger partial charge in [0.2, 0.25) is 5.91 Å². The van der Waals surface area contributed by atoms with Gasteiger partial charge in [-0.15, -0.1) is 0 Å². The Kier molecular flexibility index (Phi) is 5.03. The van der Waals surface area contributed by atoms with Gasteiger partial charge in [-0.2, -0.15) is 12.6 Å². The third kappa shape index (κ3) is 4.11. The molecule has 0 spiro atoms. The number of aliphatic carboxylic acids is 1. The van der Waals surface area contributed by atoms with E-state index in [9.17, 15) is 9.59 Å². The van der Waals surface area contributed by atoms with Crippen molar-refractivity contribution in [2.75, 3.05) is 6.54 Å². The zero-order valence-corrected chi connectivity index (χ0v) is 10.4. The molecular formula is C12H15NO3S. The van der Waals surface area contributed by atoms with Crippen LogP contribution in [0.2, 0.25) is 0 Å². The number of carbonyl (C=O) groups excluding carboxylic acids is 1. The van der Waals surface area contributed by atoms with Crippen LogP contribution < -0.4 is 5.32 Å². The van der Waals surface area contributed by atoms with Gasteiger partial charge in [0.25, 0.3) is 0 Å².